The van der Waals surface area contributed by atoms with Gasteiger partial charge in [-0.1, -0.05) is 39.8 Å². The van der Waals surface area contributed by atoms with Crippen LogP contribution in [0.4, 0.5) is 0 Å². The smallest absolute Gasteiger partial charge is 0.139 e. The van der Waals surface area contributed by atoms with E-state index in [9.17, 15) is 0 Å². The first-order valence-corrected chi connectivity index (χ1v) is 12.1. The highest BCUT2D eigenvalue weighted by atomic mass is 16.5. The summed E-state index contributed by atoms with van der Waals surface area (Å²) in [5.74, 6) is 3.21. The molecule has 0 aromatic heterocycles. The van der Waals surface area contributed by atoms with Crippen LogP contribution < -0.4 is 14.4 Å². The summed E-state index contributed by atoms with van der Waals surface area (Å²) < 4.78 is 11.8. The number of hydrogen-bond acceptors (Lipinski definition) is 2. The molecule has 3 heteroatoms. The van der Waals surface area contributed by atoms with E-state index in [-0.39, 0.29) is 0 Å². The summed E-state index contributed by atoms with van der Waals surface area (Å²) >= 11 is 0. The Morgan fingerprint density at radius 3 is 1.69 bits per heavy atom. The Labute approximate surface area is 194 Å². The molecule has 0 fully saturated rings. The predicted octanol–water partition coefficient (Wildman–Crippen LogP) is 5.88. The Morgan fingerprint density at radius 2 is 1.22 bits per heavy atom. The van der Waals surface area contributed by atoms with E-state index >= 15 is 0 Å². The maximum Gasteiger partial charge on any atom is 0.139 e. The van der Waals surface area contributed by atoms with Crippen LogP contribution in [0.25, 0.3) is 11.3 Å². The Balaban J connectivity index is 1.72. The highest BCUT2D eigenvalue weighted by Gasteiger charge is 2.24. The number of ether oxygens (including phenoxy) is 2. The zero-order valence-corrected chi connectivity index (χ0v) is 20.7. The van der Waals surface area contributed by atoms with Crippen LogP contribution in [0.1, 0.15) is 58.6 Å². The summed E-state index contributed by atoms with van der Waals surface area (Å²) in [4.78, 5) is 1.40. The molecule has 3 nitrogen and oxygen atoms in total. The van der Waals surface area contributed by atoms with Crippen molar-refractivity contribution in [2.75, 3.05) is 20.3 Å². The number of quaternary nitrogens is 1. The molecule has 0 radical (unpaired) electrons. The van der Waals surface area contributed by atoms with Crippen molar-refractivity contribution in [3.63, 3.8) is 0 Å². The van der Waals surface area contributed by atoms with Crippen molar-refractivity contribution < 1.29 is 14.4 Å². The average Bonchev–Trinajstić information content (AvgIpc) is 2.76. The third kappa shape index (κ3) is 6.74. The molecular weight excluding hydrogens is 394 g/mol. The van der Waals surface area contributed by atoms with E-state index in [4.69, 9.17) is 9.47 Å². The van der Waals surface area contributed by atoms with E-state index in [1.165, 1.54) is 27.3 Å². The van der Waals surface area contributed by atoms with Crippen LogP contribution in [0.2, 0.25) is 0 Å². The topological polar surface area (TPSA) is 22.9 Å². The SMILES string of the molecule is CC(C)CCOc1ccc(C2=CC(C)[NH+](C)C(c3ccc(OCCC(C)C)cc3)=C2)cc1. The molecule has 2 aromatic carbocycles. The maximum absolute atomic E-state index is 5.90. The fraction of sp³-hybridized carbons (Fsp3) is 0.448. The molecule has 2 atom stereocenters. The third-order valence-corrected chi connectivity index (χ3v) is 6.12. The van der Waals surface area contributed by atoms with Gasteiger partial charge >= 0.3 is 0 Å². The molecule has 0 aliphatic carbocycles. The molecular formula is C29H40NO2+. The molecule has 3 rings (SSSR count). The Bertz CT molecular complexity index is 907. The normalized spacial score (nSPS) is 18.5. The second-order valence-electron chi connectivity index (χ2n) is 9.76. The third-order valence-electron chi connectivity index (χ3n) is 6.12. The summed E-state index contributed by atoms with van der Waals surface area (Å²) in [6.07, 6.45) is 6.83. The molecule has 0 amide bonds. The van der Waals surface area contributed by atoms with Crippen molar-refractivity contribution in [2.24, 2.45) is 11.8 Å². The summed E-state index contributed by atoms with van der Waals surface area (Å²) in [7, 11) is 2.24. The van der Waals surface area contributed by atoms with E-state index in [2.05, 4.69) is 102 Å². The van der Waals surface area contributed by atoms with Crippen molar-refractivity contribution >= 4 is 11.3 Å². The van der Waals surface area contributed by atoms with Crippen molar-refractivity contribution in [1.29, 1.82) is 0 Å². The largest absolute Gasteiger partial charge is 0.494 e. The molecule has 1 N–H and O–H groups in total. The first-order valence-electron chi connectivity index (χ1n) is 12.1. The number of hydrogen-bond donors (Lipinski definition) is 1. The lowest BCUT2D eigenvalue weighted by molar-refractivity contribution is -0.822. The van der Waals surface area contributed by atoms with Gasteiger partial charge in [0.25, 0.3) is 0 Å². The number of rotatable bonds is 10. The highest BCUT2D eigenvalue weighted by Crippen LogP contribution is 2.26. The van der Waals surface area contributed by atoms with Crippen molar-refractivity contribution in [1.82, 2.24) is 0 Å². The van der Waals surface area contributed by atoms with Gasteiger partial charge in [-0.3, -0.25) is 4.90 Å². The van der Waals surface area contributed by atoms with Crippen LogP contribution in [0, 0.1) is 11.8 Å². The van der Waals surface area contributed by atoms with Gasteiger partial charge in [0.2, 0.25) is 0 Å². The number of likely N-dealkylation sites (N-methyl/N-ethyl adjacent to an activating group) is 1. The minimum Gasteiger partial charge on any atom is -0.494 e. The van der Waals surface area contributed by atoms with E-state index in [0.717, 1.165) is 37.6 Å². The monoisotopic (exact) mass is 434 g/mol. The van der Waals surface area contributed by atoms with Gasteiger partial charge in [0.1, 0.15) is 23.2 Å². The predicted molar refractivity (Wildman–Crippen MR) is 135 cm³/mol. The van der Waals surface area contributed by atoms with Gasteiger partial charge in [0, 0.05) is 11.6 Å². The number of benzene rings is 2. The minimum atomic E-state index is 0.397. The fourth-order valence-electron chi connectivity index (χ4n) is 3.75. The molecule has 2 unspecified atom stereocenters. The van der Waals surface area contributed by atoms with Gasteiger partial charge in [-0.15, -0.1) is 0 Å². The second-order valence-corrected chi connectivity index (χ2v) is 9.76. The summed E-state index contributed by atoms with van der Waals surface area (Å²) in [6, 6.07) is 17.5. The highest BCUT2D eigenvalue weighted by molar-refractivity contribution is 5.83. The molecule has 0 saturated carbocycles. The van der Waals surface area contributed by atoms with Crippen molar-refractivity contribution in [2.45, 2.75) is 53.5 Å². The van der Waals surface area contributed by atoms with Crippen LogP contribution >= 0.6 is 0 Å². The average molecular weight is 435 g/mol. The zero-order valence-electron chi connectivity index (χ0n) is 20.7. The lowest BCUT2D eigenvalue weighted by Gasteiger charge is -2.27. The van der Waals surface area contributed by atoms with Crippen molar-refractivity contribution in [3.05, 3.63) is 71.8 Å². The molecule has 32 heavy (non-hydrogen) atoms. The molecule has 1 aliphatic heterocycles. The standard InChI is InChI=1S/C29H39NO2/c1-21(2)15-17-31-27-11-7-24(8-12-27)26-19-23(5)30(6)29(20-26)25-9-13-28(14-10-25)32-18-16-22(3)4/h7-14,19-23H,15-18H2,1-6H3/p+1. The van der Waals surface area contributed by atoms with Gasteiger partial charge in [-0.05, 0) is 85.2 Å². The summed E-state index contributed by atoms with van der Waals surface area (Å²) in [5.41, 5.74) is 5.04. The molecule has 1 aliphatic rings. The lowest BCUT2D eigenvalue weighted by atomic mass is 9.95. The zero-order chi connectivity index (χ0) is 23.1. The van der Waals surface area contributed by atoms with Crippen LogP contribution in [-0.4, -0.2) is 26.3 Å². The molecule has 0 saturated heterocycles. The quantitative estimate of drug-likeness (QED) is 0.505. The lowest BCUT2D eigenvalue weighted by Crippen LogP contribution is -3.10. The number of allylic oxidation sites excluding steroid dienone is 2. The van der Waals surface area contributed by atoms with Crippen LogP contribution in [0.3, 0.4) is 0 Å². The molecule has 0 bridgehead atoms. The van der Waals surface area contributed by atoms with Crippen LogP contribution in [-0.2, 0) is 0 Å². The maximum atomic E-state index is 5.90. The first-order chi connectivity index (χ1) is 15.3. The molecule has 1 heterocycles. The first kappa shape index (κ1) is 24.1. The number of nitrogens with one attached hydrogen (secondary N) is 1. The Kier molecular flexibility index (Phi) is 8.58. The van der Waals surface area contributed by atoms with Crippen LogP contribution in [0.5, 0.6) is 11.5 Å². The van der Waals surface area contributed by atoms with Gasteiger partial charge < -0.3 is 9.47 Å². The van der Waals surface area contributed by atoms with E-state index in [1.54, 1.807) is 0 Å². The van der Waals surface area contributed by atoms with Crippen LogP contribution in [0.15, 0.2) is 60.7 Å². The Morgan fingerprint density at radius 1 is 0.750 bits per heavy atom. The molecule has 0 spiro atoms. The Hall–Kier alpha value is -2.52. The van der Waals surface area contributed by atoms with E-state index in [0.29, 0.717) is 17.9 Å². The van der Waals surface area contributed by atoms with E-state index in [1.807, 2.05) is 0 Å². The van der Waals surface area contributed by atoms with Gasteiger partial charge in [0.15, 0.2) is 0 Å². The summed E-state index contributed by atoms with van der Waals surface area (Å²) in [6.45, 7) is 12.7. The fourth-order valence-corrected chi connectivity index (χ4v) is 3.75. The summed E-state index contributed by atoms with van der Waals surface area (Å²) in [5, 5.41) is 0. The van der Waals surface area contributed by atoms with Gasteiger partial charge in [-0.2, -0.15) is 0 Å². The molecule has 172 valence electrons. The minimum absolute atomic E-state index is 0.397. The molecule has 2 aromatic rings. The second kappa shape index (κ2) is 11.4. The van der Waals surface area contributed by atoms with Gasteiger partial charge in [0.05, 0.1) is 20.3 Å². The van der Waals surface area contributed by atoms with Gasteiger partial charge in [-0.25, -0.2) is 0 Å². The van der Waals surface area contributed by atoms with E-state index < -0.39 is 0 Å². The van der Waals surface area contributed by atoms with Crippen molar-refractivity contribution in [3.8, 4) is 11.5 Å².